The summed E-state index contributed by atoms with van der Waals surface area (Å²) in [7, 11) is 1.45. The number of carbonyl (C=O) groups is 1. The quantitative estimate of drug-likeness (QED) is 0.562. The molecule has 4 N–H and O–H groups in total. The van der Waals surface area contributed by atoms with Crippen molar-refractivity contribution in [3.05, 3.63) is 41.9 Å². The summed E-state index contributed by atoms with van der Waals surface area (Å²) >= 11 is 0. The Morgan fingerprint density at radius 3 is 2.90 bits per heavy atom. The number of hydrogen-bond donors (Lipinski definition) is 3. The Morgan fingerprint density at radius 1 is 1.43 bits per heavy atom. The highest BCUT2D eigenvalue weighted by Crippen LogP contribution is 2.28. The molecule has 2 aromatic rings. The first kappa shape index (κ1) is 14.2. The third-order valence-corrected chi connectivity index (χ3v) is 2.62. The maximum atomic E-state index is 12.2. The number of nitrogen functional groups attached to an aromatic ring is 1. The van der Waals surface area contributed by atoms with E-state index in [1.54, 1.807) is 18.2 Å². The zero-order valence-electron chi connectivity index (χ0n) is 11.1. The van der Waals surface area contributed by atoms with Crippen LogP contribution in [0.5, 0.6) is 5.75 Å². The normalized spacial score (nSPS) is 9.57. The number of aromatic nitrogens is 2. The summed E-state index contributed by atoms with van der Waals surface area (Å²) in [6, 6.07) is 6.86. The lowest BCUT2D eigenvalue weighted by Gasteiger charge is -2.11. The van der Waals surface area contributed by atoms with E-state index in [-0.39, 0.29) is 22.8 Å². The first-order valence-electron chi connectivity index (χ1n) is 5.86. The van der Waals surface area contributed by atoms with Gasteiger partial charge in [0, 0.05) is 0 Å². The number of benzene rings is 1. The second-order valence-corrected chi connectivity index (χ2v) is 3.88. The van der Waals surface area contributed by atoms with Crippen LogP contribution in [0.2, 0.25) is 0 Å². The lowest BCUT2D eigenvalue weighted by molar-refractivity contribution is 0.102. The molecule has 0 unspecified atom stereocenters. The van der Waals surface area contributed by atoms with Gasteiger partial charge in [0.1, 0.15) is 23.2 Å². The van der Waals surface area contributed by atoms with E-state index in [1.165, 1.54) is 19.5 Å². The van der Waals surface area contributed by atoms with Crippen LogP contribution >= 0.6 is 0 Å². The maximum Gasteiger partial charge on any atom is 0.276 e. The predicted molar refractivity (Wildman–Crippen MR) is 75.5 cm³/mol. The highest BCUT2D eigenvalue weighted by Gasteiger charge is 2.15. The number of nitrogens with zero attached hydrogens (tertiary/aromatic N) is 3. The van der Waals surface area contributed by atoms with E-state index >= 15 is 0 Å². The molecule has 0 saturated carbocycles. The van der Waals surface area contributed by atoms with E-state index < -0.39 is 5.91 Å². The van der Waals surface area contributed by atoms with Crippen molar-refractivity contribution in [1.82, 2.24) is 9.97 Å². The first-order chi connectivity index (χ1) is 10.2. The van der Waals surface area contributed by atoms with E-state index in [0.717, 1.165) is 0 Å². The van der Waals surface area contributed by atoms with Gasteiger partial charge in [-0.15, -0.1) is 0 Å². The summed E-state index contributed by atoms with van der Waals surface area (Å²) in [6.45, 7) is 0. The van der Waals surface area contributed by atoms with Gasteiger partial charge in [-0.1, -0.05) is 6.07 Å². The van der Waals surface area contributed by atoms with E-state index in [0.29, 0.717) is 5.75 Å². The minimum Gasteiger partial charge on any atom is -0.495 e. The molecule has 1 amide bonds. The largest absolute Gasteiger partial charge is 0.495 e. The third-order valence-electron chi connectivity index (χ3n) is 2.62. The zero-order valence-corrected chi connectivity index (χ0v) is 11.1. The number of carbonyl (C=O) groups excluding carboxylic acids is 1. The van der Waals surface area contributed by atoms with Gasteiger partial charge in [-0.25, -0.2) is 10.8 Å². The summed E-state index contributed by atoms with van der Waals surface area (Å²) in [6.07, 6.45) is 2.66. The number of methoxy groups -OCH3 is 1. The molecule has 106 valence electrons. The number of hydrazine groups is 1. The fourth-order valence-corrected chi connectivity index (χ4v) is 1.65. The molecule has 8 heteroatoms. The Labute approximate surface area is 120 Å². The van der Waals surface area contributed by atoms with Gasteiger partial charge in [0.15, 0.2) is 5.82 Å². The fourth-order valence-electron chi connectivity index (χ4n) is 1.65. The van der Waals surface area contributed by atoms with Gasteiger partial charge >= 0.3 is 0 Å². The van der Waals surface area contributed by atoms with Crippen LogP contribution in [0.3, 0.4) is 0 Å². The molecule has 0 aliphatic heterocycles. The number of nitrogens with one attached hydrogen (secondary N) is 2. The molecule has 8 nitrogen and oxygen atoms in total. The highest BCUT2D eigenvalue weighted by atomic mass is 16.5. The van der Waals surface area contributed by atoms with Crippen molar-refractivity contribution in [2.75, 3.05) is 17.9 Å². The number of anilines is 2. The molecule has 0 atom stereocenters. The van der Waals surface area contributed by atoms with E-state index in [1.807, 2.05) is 6.07 Å². The average Bonchev–Trinajstić information content (AvgIpc) is 2.54. The second kappa shape index (κ2) is 6.31. The maximum absolute atomic E-state index is 12.2. The molecule has 1 aromatic carbocycles. The van der Waals surface area contributed by atoms with Gasteiger partial charge in [-0.3, -0.25) is 9.78 Å². The van der Waals surface area contributed by atoms with Gasteiger partial charge in [-0.2, -0.15) is 5.26 Å². The van der Waals surface area contributed by atoms with Crippen LogP contribution in [0.15, 0.2) is 30.6 Å². The van der Waals surface area contributed by atoms with Crippen LogP contribution in [0.4, 0.5) is 11.5 Å². The Hall–Kier alpha value is -3.18. The Bertz CT molecular complexity index is 710. The zero-order chi connectivity index (χ0) is 15.2. The summed E-state index contributed by atoms with van der Waals surface area (Å²) in [5, 5.41) is 11.7. The minimum absolute atomic E-state index is 0.0558. The SMILES string of the molecule is COc1cccc(C#N)c1NC(=O)c1cncc(NN)n1. The van der Waals surface area contributed by atoms with Gasteiger partial charge < -0.3 is 15.5 Å². The number of ether oxygens (including phenoxy) is 1. The van der Waals surface area contributed by atoms with Gasteiger partial charge in [0.2, 0.25) is 0 Å². The van der Waals surface area contributed by atoms with Crippen LogP contribution in [-0.4, -0.2) is 23.0 Å². The second-order valence-electron chi connectivity index (χ2n) is 3.88. The average molecular weight is 284 g/mol. The molecule has 0 aliphatic rings. The van der Waals surface area contributed by atoms with Gasteiger partial charge in [-0.05, 0) is 12.1 Å². The molecule has 0 saturated heterocycles. The monoisotopic (exact) mass is 284 g/mol. The van der Waals surface area contributed by atoms with E-state index in [2.05, 4.69) is 20.7 Å². The Morgan fingerprint density at radius 2 is 2.24 bits per heavy atom. The highest BCUT2D eigenvalue weighted by molar-refractivity contribution is 6.04. The number of nitrogens with two attached hydrogens (primary N) is 1. The Balaban J connectivity index is 2.33. The van der Waals surface area contributed by atoms with Crippen LogP contribution in [0.1, 0.15) is 16.1 Å². The molecule has 0 aliphatic carbocycles. The van der Waals surface area contributed by atoms with Crippen molar-refractivity contribution in [3.8, 4) is 11.8 Å². The Kier molecular flexibility index (Phi) is 4.28. The molecule has 21 heavy (non-hydrogen) atoms. The van der Waals surface area contributed by atoms with Crippen LogP contribution < -0.4 is 21.3 Å². The number of para-hydroxylation sites is 1. The van der Waals surface area contributed by atoms with Crippen molar-refractivity contribution >= 4 is 17.4 Å². The topological polar surface area (TPSA) is 126 Å². The smallest absolute Gasteiger partial charge is 0.276 e. The summed E-state index contributed by atoms with van der Waals surface area (Å²) < 4.78 is 5.14. The number of nitriles is 1. The lowest BCUT2D eigenvalue weighted by Crippen LogP contribution is -2.17. The van der Waals surface area contributed by atoms with Crippen LogP contribution in [0, 0.1) is 11.3 Å². The summed E-state index contributed by atoms with van der Waals surface area (Å²) in [5.74, 6) is 5.32. The van der Waals surface area contributed by atoms with E-state index in [9.17, 15) is 4.79 Å². The van der Waals surface area contributed by atoms with Crippen molar-refractivity contribution in [2.24, 2.45) is 5.84 Å². The molecule has 2 rings (SSSR count). The summed E-state index contributed by atoms with van der Waals surface area (Å²) in [4.78, 5) is 20.0. The fraction of sp³-hybridized carbons (Fsp3) is 0.0769. The standard InChI is InChI=1S/C13H12N6O2/c1-21-10-4-2-3-8(5-14)12(10)18-13(20)9-6-16-7-11(17-9)19-15/h2-4,6-7H,15H2,1H3,(H,17,19)(H,18,20). The van der Waals surface area contributed by atoms with Crippen molar-refractivity contribution < 1.29 is 9.53 Å². The van der Waals surface area contributed by atoms with Gasteiger partial charge in [0.25, 0.3) is 5.91 Å². The van der Waals surface area contributed by atoms with Crippen molar-refractivity contribution in [1.29, 1.82) is 5.26 Å². The molecule has 0 radical (unpaired) electrons. The number of amides is 1. The third kappa shape index (κ3) is 3.05. The summed E-state index contributed by atoms with van der Waals surface area (Å²) in [5.41, 5.74) is 2.92. The molecule has 1 aromatic heterocycles. The minimum atomic E-state index is -0.527. The van der Waals surface area contributed by atoms with Crippen molar-refractivity contribution in [2.45, 2.75) is 0 Å². The molecular formula is C13H12N6O2. The van der Waals surface area contributed by atoms with Crippen LogP contribution in [0.25, 0.3) is 0 Å². The molecule has 1 heterocycles. The number of rotatable bonds is 4. The molecule has 0 fully saturated rings. The first-order valence-corrected chi connectivity index (χ1v) is 5.86. The molecule has 0 bridgehead atoms. The number of hydrogen-bond acceptors (Lipinski definition) is 7. The predicted octanol–water partition coefficient (Wildman–Crippen LogP) is 0.895. The lowest BCUT2D eigenvalue weighted by atomic mass is 10.1. The van der Waals surface area contributed by atoms with E-state index in [4.69, 9.17) is 15.8 Å². The molecular weight excluding hydrogens is 272 g/mol. The van der Waals surface area contributed by atoms with Gasteiger partial charge in [0.05, 0.1) is 25.1 Å². The van der Waals surface area contributed by atoms with Crippen LogP contribution in [-0.2, 0) is 0 Å². The van der Waals surface area contributed by atoms with Crippen molar-refractivity contribution in [3.63, 3.8) is 0 Å². The molecule has 0 spiro atoms.